The van der Waals surface area contributed by atoms with Gasteiger partial charge in [-0.25, -0.2) is 4.39 Å². The predicted molar refractivity (Wildman–Crippen MR) is 78.7 cm³/mol. The van der Waals surface area contributed by atoms with E-state index >= 15 is 0 Å². The monoisotopic (exact) mass is 257 g/mol. The first kappa shape index (κ1) is 13.8. The Balaban J connectivity index is 2.46. The van der Waals surface area contributed by atoms with E-state index < -0.39 is 0 Å². The van der Waals surface area contributed by atoms with Crippen molar-refractivity contribution in [3.8, 4) is 11.1 Å². The van der Waals surface area contributed by atoms with Gasteiger partial charge in [0.25, 0.3) is 0 Å². The summed E-state index contributed by atoms with van der Waals surface area (Å²) in [6, 6.07) is 13.5. The van der Waals surface area contributed by atoms with E-state index in [1.54, 1.807) is 6.07 Å². The third-order valence-electron chi connectivity index (χ3n) is 3.44. The van der Waals surface area contributed by atoms with E-state index in [-0.39, 0.29) is 11.9 Å². The third kappa shape index (κ3) is 3.02. The molecule has 0 aromatic heterocycles. The summed E-state index contributed by atoms with van der Waals surface area (Å²) in [5.74, 6) is -0.165. The number of hydrogen-bond donors (Lipinski definition) is 1. The summed E-state index contributed by atoms with van der Waals surface area (Å²) in [5, 5.41) is 3.35. The molecule has 0 aliphatic heterocycles. The highest BCUT2D eigenvalue weighted by molar-refractivity contribution is 5.68. The fourth-order valence-corrected chi connectivity index (χ4v) is 2.32. The Hall–Kier alpha value is -1.67. The zero-order valence-corrected chi connectivity index (χ0v) is 11.7. The highest BCUT2D eigenvalue weighted by atomic mass is 19.1. The minimum Gasteiger partial charge on any atom is -0.310 e. The maximum absolute atomic E-state index is 14.1. The molecule has 2 heteroatoms. The van der Waals surface area contributed by atoms with Gasteiger partial charge in [-0.05, 0) is 49.2 Å². The lowest BCUT2D eigenvalue weighted by Crippen LogP contribution is -2.17. The van der Waals surface area contributed by atoms with E-state index in [0.29, 0.717) is 5.56 Å². The van der Waals surface area contributed by atoms with E-state index in [2.05, 4.69) is 19.2 Å². The molecule has 1 atom stereocenters. The largest absolute Gasteiger partial charge is 0.310 e. The van der Waals surface area contributed by atoms with Crippen molar-refractivity contribution in [2.75, 3.05) is 6.54 Å². The Morgan fingerprint density at radius 3 is 2.53 bits per heavy atom. The molecule has 0 spiro atoms. The van der Waals surface area contributed by atoms with Crippen LogP contribution in [0.15, 0.2) is 42.5 Å². The van der Waals surface area contributed by atoms with Crippen molar-refractivity contribution in [3.63, 3.8) is 0 Å². The Morgan fingerprint density at radius 1 is 1.11 bits per heavy atom. The summed E-state index contributed by atoms with van der Waals surface area (Å²) in [5.41, 5.74) is 3.85. The lowest BCUT2D eigenvalue weighted by molar-refractivity contribution is 0.593. The van der Waals surface area contributed by atoms with Crippen molar-refractivity contribution >= 4 is 0 Å². The molecular weight excluding hydrogens is 237 g/mol. The van der Waals surface area contributed by atoms with Crippen LogP contribution >= 0.6 is 0 Å². The molecule has 0 heterocycles. The maximum atomic E-state index is 14.1. The highest BCUT2D eigenvalue weighted by Crippen LogP contribution is 2.28. The quantitative estimate of drug-likeness (QED) is 0.852. The minimum absolute atomic E-state index is 0.165. The summed E-state index contributed by atoms with van der Waals surface area (Å²) >= 11 is 0. The molecule has 100 valence electrons. The van der Waals surface area contributed by atoms with Crippen molar-refractivity contribution < 1.29 is 4.39 Å². The van der Waals surface area contributed by atoms with E-state index in [4.69, 9.17) is 0 Å². The number of aryl methyl sites for hydroxylation is 1. The smallest absolute Gasteiger partial charge is 0.131 e. The first-order valence-corrected chi connectivity index (χ1v) is 6.72. The van der Waals surface area contributed by atoms with Gasteiger partial charge in [0, 0.05) is 11.6 Å². The Bertz CT molecular complexity index is 563. The normalized spacial score (nSPS) is 12.4. The molecule has 0 saturated carbocycles. The lowest BCUT2D eigenvalue weighted by atomic mass is 9.96. The van der Waals surface area contributed by atoms with Crippen molar-refractivity contribution in [2.24, 2.45) is 0 Å². The number of rotatable bonds is 4. The van der Waals surface area contributed by atoms with Crippen LogP contribution in [0.1, 0.15) is 31.0 Å². The molecule has 0 aliphatic carbocycles. The summed E-state index contributed by atoms with van der Waals surface area (Å²) in [7, 11) is 0. The van der Waals surface area contributed by atoms with Crippen LogP contribution in [-0.4, -0.2) is 6.54 Å². The van der Waals surface area contributed by atoms with Crippen LogP contribution < -0.4 is 5.32 Å². The molecular formula is C17H20FN. The standard InChI is InChI=1S/C17H20FN/c1-4-19-13(3)14-9-10-17(18)16(11-14)15-8-6-5-7-12(15)2/h5-11,13,19H,4H2,1-3H3. The van der Waals surface area contributed by atoms with Crippen LogP contribution in [0, 0.1) is 12.7 Å². The molecule has 0 saturated heterocycles. The zero-order chi connectivity index (χ0) is 13.8. The molecule has 0 aliphatic rings. The van der Waals surface area contributed by atoms with Gasteiger partial charge in [-0.3, -0.25) is 0 Å². The molecule has 1 unspecified atom stereocenters. The van der Waals surface area contributed by atoms with Crippen LogP contribution in [0.5, 0.6) is 0 Å². The van der Waals surface area contributed by atoms with Gasteiger partial charge in [0.2, 0.25) is 0 Å². The predicted octanol–water partition coefficient (Wildman–Crippen LogP) is 4.47. The van der Waals surface area contributed by atoms with Gasteiger partial charge in [-0.1, -0.05) is 37.3 Å². The molecule has 0 fully saturated rings. The van der Waals surface area contributed by atoms with Gasteiger partial charge in [0.15, 0.2) is 0 Å². The molecule has 1 nitrogen and oxygen atoms in total. The summed E-state index contributed by atoms with van der Waals surface area (Å²) in [6.45, 7) is 7.08. The first-order chi connectivity index (χ1) is 9.13. The molecule has 0 amide bonds. The fourth-order valence-electron chi connectivity index (χ4n) is 2.32. The first-order valence-electron chi connectivity index (χ1n) is 6.72. The van der Waals surface area contributed by atoms with E-state index in [9.17, 15) is 4.39 Å². The van der Waals surface area contributed by atoms with Crippen LogP contribution in [0.25, 0.3) is 11.1 Å². The van der Waals surface area contributed by atoms with Gasteiger partial charge in [-0.2, -0.15) is 0 Å². The molecule has 19 heavy (non-hydrogen) atoms. The van der Waals surface area contributed by atoms with Gasteiger partial charge in [0.1, 0.15) is 5.82 Å². The second-order valence-electron chi connectivity index (χ2n) is 4.83. The average Bonchev–Trinajstić information content (AvgIpc) is 2.40. The number of nitrogens with one attached hydrogen (secondary N) is 1. The van der Waals surface area contributed by atoms with E-state index in [0.717, 1.165) is 23.2 Å². The molecule has 0 bridgehead atoms. The van der Waals surface area contributed by atoms with Crippen LogP contribution in [0.2, 0.25) is 0 Å². The molecule has 2 rings (SSSR count). The number of hydrogen-bond acceptors (Lipinski definition) is 1. The van der Waals surface area contributed by atoms with Crippen LogP contribution in [0.3, 0.4) is 0 Å². The van der Waals surface area contributed by atoms with Gasteiger partial charge in [-0.15, -0.1) is 0 Å². The van der Waals surface area contributed by atoms with E-state index in [1.165, 1.54) is 0 Å². The fraction of sp³-hybridized carbons (Fsp3) is 0.294. The Morgan fingerprint density at radius 2 is 1.84 bits per heavy atom. The van der Waals surface area contributed by atoms with Crippen molar-refractivity contribution in [1.29, 1.82) is 0 Å². The van der Waals surface area contributed by atoms with Gasteiger partial charge in [0.05, 0.1) is 0 Å². The highest BCUT2D eigenvalue weighted by Gasteiger charge is 2.11. The van der Waals surface area contributed by atoms with Gasteiger partial charge >= 0.3 is 0 Å². The topological polar surface area (TPSA) is 12.0 Å². The Labute approximate surface area is 114 Å². The molecule has 2 aromatic rings. The SMILES string of the molecule is CCNC(C)c1ccc(F)c(-c2ccccc2C)c1. The van der Waals surface area contributed by atoms with Crippen molar-refractivity contribution in [3.05, 3.63) is 59.4 Å². The van der Waals surface area contributed by atoms with Gasteiger partial charge < -0.3 is 5.32 Å². The third-order valence-corrected chi connectivity index (χ3v) is 3.44. The molecule has 1 N–H and O–H groups in total. The van der Waals surface area contributed by atoms with Crippen LogP contribution in [-0.2, 0) is 0 Å². The van der Waals surface area contributed by atoms with Crippen molar-refractivity contribution in [2.45, 2.75) is 26.8 Å². The average molecular weight is 257 g/mol. The second kappa shape index (κ2) is 5.98. The second-order valence-corrected chi connectivity index (χ2v) is 4.83. The van der Waals surface area contributed by atoms with Crippen LogP contribution in [0.4, 0.5) is 4.39 Å². The number of halogens is 1. The maximum Gasteiger partial charge on any atom is 0.131 e. The van der Waals surface area contributed by atoms with E-state index in [1.807, 2.05) is 43.3 Å². The number of benzene rings is 2. The summed E-state index contributed by atoms with van der Waals surface area (Å²) in [4.78, 5) is 0. The summed E-state index contributed by atoms with van der Waals surface area (Å²) in [6.07, 6.45) is 0. The Kier molecular flexibility index (Phi) is 4.33. The minimum atomic E-state index is -0.165. The molecule has 2 aromatic carbocycles. The zero-order valence-electron chi connectivity index (χ0n) is 11.7. The molecule has 0 radical (unpaired) electrons. The van der Waals surface area contributed by atoms with Crippen molar-refractivity contribution in [1.82, 2.24) is 5.32 Å². The summed E-state index contributed by atoms with van der Waals surface area (Å²) < 4.78 is 14.1. The lowest BCUT2D eigenvalue weighted by Gasteiger charge is -2.15.